The van der Waals surface area contributed by atoms with Gasteiger partial charge in [-0.25, -0.2) is 4.98 Å². The number of nitrogens with zero attached hydrogens (tertiary/aromatic N) is 2. The fourth-order valence-electron chi connectivity index (χ4n) is 2.33. The number of nitrogens with one attached hydrogen (secondary N) is 2. The number of amides is 1. The molecule has 1 aromatic carbocycles. The Labute approximate surface area is 121 Å². The second kappa shape index (κ2) is 5.25. The van der Waals surface area contributed by atoms with Crippen LogP contribution in [-0.2, 0) is 11.3 Å². The zero-order chi connectivity index (χ0) is 14.1. The van der Waals surface area contributed by atoms with Crippen molar-refractivity contribution in [3.63, 3.8) is 0 Å². The van der Waals surface area contributed by atoms with Gasteiger partial charge < -0.3 is 5.32 Å². The third-order valence-corrected chi connectivity index (χ3v) is 3.74. The molecule has 0 spiro atoms. The van der Waals surface area contributed by atoms with Gasteiger partial charge in [-0.05, 0) is 37.0 Å². The first-order valence-electron chi connectivity index (χ1n) is 6.54. The van der Waals surface area contributed by atoms with E-state index in [2.05, 4.69) is 20.5 Å². The highest BCUT2D eigenvalue weighted by molar-refractivity contribution is 6.30. The number of halogens is 1. The van der Waals surface area contributed by atoms with Gasteiger partial charge in [-0.1, -0.05) is 23.7 Å². The molecule has 2 N–H and O–H groups in total. The number of aromatic nitrogens is 3. The molecule has 20 heavy (non-hydrogen) atoms. The fourth-order valence-corrected chi connectivity index (χ4v) is 2.45. The van der Waals surface area contributed by atoms with E-state index in [0.29, 0.717) is 18.3 Å². The first kappa shape index (κ1) is 13.1. The molecule has 0 saturated heterocycles. The molecule has 5 nitrogen and oxygen atoms in total. The largest absolute Gasteiger partial charge is 0.348 e. The predicted molar refractivity (Wildman–Crippen MR) is 75.3 cm³/mol. The molecule has 1 amide bonds. The fraction of sp³-hybridized carbons (Fsp3) is 0.357. The van der Waals surface area contributed by atoms with Crippen LogP contribution in [0.25, 0.3) is 0 Å². The molecule has 1 saturated carbocycles. The minimum Gasteiger partial charge on any atom is -0.348 e. The Morgan fingerprint density at radius 2 is 2.20 bits per heavy atom. The molecule has 0 aliphatic heterocycles. The topological polar surface area (TPSA) is 70.7 Å². The summed E-state index contributed by atoms with van der Waals surface area (Å²) in [5, 5.41) is 10.3. The van der Waals surface area contributed by atoms with Crippen molar-refractivity contribution in [2.24, 2.45) is 5.92 Å². The standard InChI is InChI=1S/C14H15ClN4O/c1-8-17-13(19-18-8)7-16-14(20)12-6-11(12)9-2-4-10(15)5-3-9/h2-5,11-12H,6-7H2,1H3,(H,16,20)(H,17,18,19)/t11-,12-/m1/s1. The third kappa shape index (κ3) is 2.82. The Morgan fingerprint density at radius 3 is 2.85 bits per heavy atom. The number of hydrogen-bond acceptors (Lipinski definition) is 3. The highest BCUT2D eigenvalue weighted by Crippen LogP contribution is 2.47. The van der Waals surface area contributed by atoms with E-state index in [1.54, 1.807) is 0 Å². The van der Waals surface area contributed by atoms with Crippen LogP contribution in [0.4, 0.5) is 0 Å². The Balaban J connectivity index is 1.53. The normalized spacial score (nSPS) is 20.7. The van der Waals surface area contributed by atoms with Gasteiger partial charge in [0.15, 0.2) is 5.82 Å². The van der Waals surface area contributed by atoms with Gasteiger partial charge in [0.05, 0.1) is 6.54 Å². The summed E-state index contributed by atoms with van der Waals surface area (Å²) in [5.41, 5.74) is 1.17. The second-order valence-corrected chi connectivity index (χ2v) is 5.49. The van der Waals surface area contributed by atoms with E-state index >= 15 is 0 Å². The van der Waals surface area contributed by atoms with Crippen molar-refractivity contribution in [2.45, 2.75) is 25.8 Å². The van der Waals surface area contributed by atoms with Crippen molar-refractivity contribution >= 4 is 17.5 Å². The zero-order valence-electron chi connectivity index (χ0n) is 11.1. The molecule has 0 bridgehead atoms. The van der Waals surface area contributed by atoms with Crippen molar-refractivity contribution in [3.8, 4) is 0 Å². The van der Waals surface area contributed by atoms with Crippen LogP contribution >= 0.6 is 11.6 Å². The summed E-state index contributed by atoms with van der Waals surface area (Å²) >= 11 is 5.86. The summed E-state index contributed by atoms with van der Waals surface area (Å²) in [6.07, 6.45) is 0.889. The second-order valence-electron chi connectivity index (χ2n) is 5.06. The number of carbonyl (C=O) groups is 1. The van der Waals surface area contributed by atoms with Gasteiger partial charge >= 0.3 is 0 Å². The number of aromatic amines is 1. The maximum atomic E-state index is 12.0. The van der Waals surface area contributed by atoms with E-state index in [4.69, 9.17) is 11.6 Å². The molecule has 0 radical (unpaired) electrons. The minimum absolute atomic E-state index is 0.0521. The van der Waals surface area contributed by atoms with Crippen LogP contribution < -0.4 is 5.32 Å². The SMILES string of the molecule is Cc1nc(CNC(=O)[C@@H]2C[C@@H]2c2ccc(Cl)cc2)n[nH]1. The molecular weight excluding hydrogens is 276 g/mol. The molecule has 2 aromatic rings. The smallest absolute Gasteiger partial charge is 0.224 e. The lowest BCUT2D eigenvalue weighted by atomic mass is 10.1. The van der Waals surface area contributed by atoms with Crippen molar-refractivity contribution in [2.75, 3.05) is 0 Å². The quantitative estimate of drug-likeness (QED) is 0.907. The number of H-pyrrole nitrogens is 1. The Morgan fingerprint density at radius 1 is 1.45 bits per heavy atom. The lowest BCUT2D eigenvalue weighted by Gasteiger charge is -2.02. The lowest BCUT2D eigenvalue weighted by molar-refractivity contribution is -0.122. The number of benzene rings is 1. The van der Waals surface area contributed by atoms with E-state index in [-0.39, 0.29) is 11.8 Å². The highest BCUT2D eigenvalue weighted by Gasteiger charge is 2.43. The number of carbonyl (C=O) groups excluding carboxylic acids is 1. The van der Waals surface area contributed by atoms with E-state index in [1.807, 2.05) is 31.2 Å². The minimum atomic E-state index is 0.0521. The average molecular weight is 291 g/mol. The molecule has 1 fully saturated rings. The first-order chi connectivity index (χ1) is 9.63. The third-order valence-electron chi connectivity index (χ3n) is 3.49. The maximum absolute atomic E-state index is 12.0. The van der Waals surface area contributed by atoms with Gasteiger partial charge in [0.25, 0.3) is 0 Å². The Bertz CT molecular complexity index is 622. The first-order valence-corrected chi connectivity index (χ1v) is 6.92. The number of aryl methyl sites for hydroxylation is 1. The number of hydrogen-bond donors (Lipinski definition) is 2. The van der Waals surface area contributed by atoms with Gasteiger partial charge in [0.2, 0.25) is 5.91 Å². The molecule has 2 atom stereocenters. The highest BCUT2D eigenvalue weighted by atomic mass is 35.5. The van der Waals surface area contributed by atoms with Crippen LogP contribution in [-0.4, -0.2) is 21.1 Å². The monoisotopic (exact) mass is 290 g/mol. The van der Waals surface area contributed by atoms with Crippen LogP contribution in [0.3, 0.4) is 0 Å². The summed E-state index contributed by atoms with van der Waals surface area (Å²) in [7, 11) is 0. The van der Waals surface area contributed by atoms with Gasteiger partial charge in [-0.15, -0.1) is 0 Å². The summed E-state index contributed by atoms with van der Waals surface area (Å²) in [5.74, 6) is 1.78. The number of rotatable bonds is 4. The van der Waals surface area contributed by atoms with Gasteiger partial charge in [0, 0.05) is 10.9 Å². The van der Waals surface area contributed by atoms with Crippen LogP contribution in [0.1, 0.15) is 29.6 Å². The van der Waals surface area contributed by atoms with E-state index in [0.717, 1.165) is 17.3 Å². The van der Waals surface area contributed by atoms with Crippen molar-refractivity contribution in [1.29, 1.82) is 0 Å². The molecule has 1 aliphatic rings. The summed E-state index contributed by atoms with van der Waals surface area (Å²) in [6.45, 7) is 2.20. The molecule has 3 rings (SSSR count). The lowest BCUT2D eigenvalue weighted by Crippen LogP contribution is -2.25. The van der Waals surface area contributed by atoms with Crippen LogP contribution in [0, 0.1) is 12.8 Å². The maximum Gasteiger partial charge on any atom is 0.224 e. The molecule has 104 valence electrons. The summed E-state index contributed by atoms with van der Waals surface area (Å²) in [4.78, 5) is 16.2. The zero-order valence-corrected chi connectivity index (χ0v) is 11.8. The summed E-state index contributed by atoms with van der Waals surface area (Å²) in [6, 6.07) is 7.69. The molecule has 1 aromatic heterocycles. The summed E-state index contributed by atoms with van der Waals surface area (Å²) < 4.78 is 0. The van der Waals surface area contributed by atoms with Gasteiger partial charge in [-0.2, -0.15) is 5.10 Å². The van der Waals surface area contributed by atoms with Gasteiger partial charge in [0.1, 0.15) is 5.82 Å². The predicted octanol–water partition coefficient (Wildman–Crippen LogP) is 2.19. The molecule has 0 unspecified atom stereocenters. The van der Waals surface area contributed by atoms with Crippen molar-refractivity contribution < 1.29 is 4.79 Å². The Kier molecular flexibility index (Phi) is 3.44. The molecule has 1 heterocycles. The van der Waals surface area contributed by atoms with Crippen LogP contribution in [0.15, 0.2) is 24.3 Å². The van der Waals surface area contributed by atoms with Gasteiger partial charge in [-0.3, -0.25) is 9.89 Å². The average Bonchev–Trinajstić information content (AvgIpc) is 3.13. The van der Waals surface area contributed by atoms with Crippen molar-refractivity contribution in [1.82, 2.24) is 20.5 Å². The molecular formula is C14H15ClN4O. The van der Waals surface area contributed by atoms with Crippen LogP contribution in [0.2, 0.25) is 5.02 Å². The van der Waals surface area contributed by atoms with E-state index < -0.39 is 0 Å². The molecule has 6 heteroatoms. The van der Waals surface area contributed by atoms with Crippen molar-refractivity contribution in [3.05, 3.63) is 46.5 Å². The van der Waals surface area contributed by atoms with E-state index in [1.165, 1.54) is 5.56 Å². The van der Waals surface area contributed by atoms with E-state index in [9.17, 15) is 4.79 Å². The Hall–Kier alpha value is -1.88. The van der Waals surface area contributed by atoms with Crippen LogP contribution in [0.5, 0.6) is 0 Å². The molecule has 1 aliphatic carbocycles.